The van der Waals surface area contributed by atoms with Gasteiger partial charge in [0.25, 0.3) is 5.56 Å². The molecule has 1 N–H and O–H groups in total. The van der Waals surface area contributed by atoms with Crippen molar-refractivity contribution in [2.75, 3.05) is 23.3 Å². The Morgan fingerprint density at radius 1 is 1.22 bits per heavy atom. The van der Waals surface area contributed by atoms with Crippen LogP contribution in [0.4, 0.5) is 11.5 Å². The number of piperidine rings is 1. The van der Waals surface area contributed by atoms with Gasteiger partial charge in [-0.25, -0.2) is 9.67 Å². The van der Waals surface area contributed by atoms with Crippen LogP contribution in [0, 0.1) is 25.2 Å². The van der Waals surface area contributed by atoms with E-state index in [9.17, 15) is 9.59 Å². The Kier molecular flexibility index (Phi) is 5.50. The lowest BCUT2D eigenvalue weighted by atomic mass is 10.1. The second kappa shape index (κ2) is 7.99. The molecule has 0 atom stereocenters. The fourth-order valence-electron chi connectivity index (χ4n) is 3.14. The van der Waals surface area contributed by atoms with Crippen molar-refractivity contribution >= 4 is 17.4 Å². The van der Waals surface area contributed by atoms with Crippen LogP contribution < -0.4 is 15.8 Å². The molecule has 0 aromatic carbocycles. The Labute approximate surface area is 157 Å². The summed E-state index contributed by atoms with van der Waals surface area (Å²) in [5, 5.41) is 15.9. The number of hydrogen-bond acceptors (Lipinski definition) is 6. The van der Waals surface area contributed by atoms with Gasteiger partial charge in [-0.1, -0.05) is 0 Å². The third kappa shape index (κ3) is 4.14. The van der Waals surface area contributed by atoms with Gasteiger partial charge in [-0.05, 0) is 45.2 Å². The van der Waals surface area contributed by atoms with Crippen molar-refractivity contribution in [3.05, 3.63) is 45.5 Å². The minimum Gasteiger partial charge on any atom is -0.355 e. The highest BCUT2D eigenvalue weighted by molar-refractivity contribution is 5.90. The summed E-state index contributed by atoms with van der Waals surface area (Å²) < 4.78 is 1.22. The maximum Gasteiger partial charge on any atom is 0.270 e. The lowest BCUT2D eigenvalue weighted by molar-refractivity contribution is -0.117. The van der Waals surface area contributed by atoms with Crippen LogP contribution in [0.5, 0.6) is 0 Å². The molecule has 140 valence electrons. The smallest absolute Gasteiger partial charge is 0.270 e. The lowest BCUT2D eigenvalue weighted by Crippen LogP contribution is -2.37. The molecule has 0 saturated carbocycles. The van der Waals surface area contributed by atoms with E-state index >= 15 is 0 Å². The van der Waals surface area contributed by atoms with E-state index in [1.807, 2.05) is 13.0 Å². The monoisotopic (exact) mass is 366 g/mol. The first kappa shape index (κ1) is 18.6. The zero-order chi connectivity index (χ0) is 19.4. The minimum absolute atomic E-state index is 0.180. The molecule has 3 heterocycles. The van der Waals surface area contributed by atoms with Crippen LogP contribution in [0.25, 0.3) is 0 Å². The van der Waals surface area contributed by atoms with Crippen LogP contribution in [-0.2, 0) is 11.3 Å². The quantitative estimate of drug-likeness (QED) is 0.884. The first-order chi connectivity index (χ1) is 13.0. The number of aromatic nitrogens is 3. The van der Waals surface area contributed by atoms with E-state index in [0.29, 0.717) is 11.3 Å². The summed E-state index contributed by atoms with van der Waals surface area (Å²) in [6.07, 6.45) is 4.82. The van der Waals surface area contributed by atoms with Gasteiger partial charge in [0.1, 0.15) is 18.3 Å². The van der Waals surface area contributed by atoms with Crippen molar-refractivity contribution in [3.8, 4) is 6.07 Å². The molecule has 2 aromatic heterocycles. The molecule has 1 aliphatic rings. The Morgan fingerprint density at radius 3 is 2.59 bits per heavy atom. The summed E-state index contributed by atoms with van der Waals surface area (Å²) in [7, 11) is 0. The van der Waals surface area contributed by atoms with Crippen molar-refractivity contribution in [1.82, 2.24) is 14.8 Å². The van der Waals surface area contributed by atoms with Gasteiger partial charge < -0.3 is 10.2 Å². The van der Waals surface area contributed by atoms with Gasteiger partial charge in [0.05, 0.1) is 11.9 Å². The second-order valence-corrected chi connectivity index (χ2v) is 6.68. The van der Waals surface area contributed by atoms with Gasteiger partial charge >= 0.3 is 0 Å². The number of hydrogen-bond donors (Lipinski definition) is 1. The van der Waals surface area contributed by atoms with E-state index in [1.54, 1.807) is 13.0 Å². The van der Waals surface area contributed by atoms with Crippen LogP contribution in [0.1, 0.15) is 36.1 Å². The Morgan fingerprint density at radius 2 is 1.96 bits per heavy atom. The molecule has 0 aliphatic carbocycles. The van der Waals surface area contributed by atoms with E-state index in [4.69, 9.17) is 5.26 Å². The van der Waals surface area contributed by atoms with E-state index in [0.717, 1.165) is 37.3 Å². The van der Waals surface area contributed by atoms with Gasteiger partial charge in [0.15, 0.2) is 5.82 Å². The first-order valence-electron chi connectivity index (χ1n) is 8.99. The Balaban J connectivity index is 1.80. The summed E-state index contributed by atoms with van der Waals surface area (Å²) in [4.78, 5) is 31.0. The third-order valence-corrected chi connectivity index (χ3v) is 4.78. The fourth-order valence-corrected chi connectivity index (χ4v) is 3.14. The zero-order valence-electron chi connectivity index (χ0n) is 15.5. The van der Waals surface area contributed by atoms with E-state index < -0.39 is 0 Å². The van der Waals surface area contributed by atoms with Gasteiger partial charge in [0.2, 0.25) is 5.91 Å². The molecular formula is C19H22N6O2. The highest BCUT2D eigenvalue weighted by Gasteiger charge is 2.19. The SMILES string of the molecule is Cc1c(N2CCCCC2)nn(CC(=O)Nc2ccc(C#N)nc2)c(=O)c1C. The molecule has 8 heteroatoms. The number of carbonyl (C=O) groups is 1. The predicted molar refractivity (Wildman–Crippen MR) is 102 cm³/mol. The number of nitriles is 1. The Hall–Kier alpha value is -3.21. The van der Waals surface area contributed by atoms with Crippen LogP contribution in [0.2, 0.25) is 0 Å². The summed E-state index contributed by atoms with van der Waals surface area (Å²) in [6.45, 7) is 5.32. The number of nitrogens with one attached hydrogen (secondary N) is 1. The normalized spacial score (nSPS) is 13.9. The van der Waals surface area contributed by atoms with Crippen molar-refractivity contribution in [2.24, 2.45) is 0 Å². The predicted octanol–water partition coefficient (Wildman–Crippen LogP) is 1.76. The number of pyridine rings is 1. The van der Waals surface area contributed by atoms with Crippen LogP contribution >= 0.6 is 0 Å². The summed E-state index contributed by atoms with van der Waals surface area (Å²) in [5.41, 5.74) is 1.95. The molecule has 1 fully saturated rings. The standard InChI is InChI=1S/C19H22N6O2/c1-13-14(2)19(27)25(23-18(13)24-8-4-3-5-9-24)12-17(26)22-16-7-6-15(10-20)21-11-16/h6-7,11H,3-5,8-9,12H2,1-2H3,(H,22,26). The minimum atomic E-state index is -0.371. The van der Waals surface area contributed by atoms with Gasteiger partial charge in [-0.2, -0.15) is 10.4 Å². The maximum atomic E-state index is 12.5. The molecule has 27 heavy (non-hydrogen) atoms. The molecule has 1 saturated heterocycles. The number of amides is 1. The highest BCUT2D eigenvalue weighted by Crippen LogP contribution is 2.21. The van der Waals surface area contributed by atoms with Crippen LogP contribution in [0.3, 0.4) is 0 Å². The molecule has 0 radical (unpaired) electrons. The lowest BCUT2D eigenvalue weighted by Gasteiger charge is -2.29. The molecule has 0 spiro atoms. The average Bonchev–Trinajstić information content (AvgIpc) is 2.69. The van der Waals surface area contributed by atoms with Crippen molar-refractivity contribution in [1.29, 1.82) is 5.26 Å². The molecule has 0 unspecified atom stereocenters. The van der Waals surface area contributed by atoms with Gasteiger partial charge in [0, 0.05) is 24.2 Å². The van der Waals surface area contributed by atoms with E-state index in [1.165, 1.54) is 23.4 Å². The first-order valence-corrected chi connectivity index (χ1v) is 8.99. The average molecular weight is 366 g/mol. The molecule has 1 amide bonds. The number of carbonyl (C=O) groups excluding carboxylic acids is 1. The molecular weight excluding hydrogens is 344 g/mol. The maximum absolute atomic E-state index is 12.5. The van der Waals surface area contributed by atoms with Crippen LogP contribution in [0.15, 0.2) is 23.1 Å². The number of anilines is 2. The van der Waals surface area contributed by atoms with E-state index in [2.05, 4.69) is 20.3 Å². The summed E-state index contributed by atoms with van der Waals surface area (Å²) in [6, 6.07) is 5.03. The van der Waals surface area contributed by atoms with Crippen molar-refractivity contribution in [2.45, 2.75) is 39.7 Å². The van der Waals surface area contributed by atoms with Crippen LogP contribution in [-0.4, -0.2) is 33.8 Å². The van der Waals surface area contributed by atoms with E-state index in [-0.39, 0.29) is 23.7 Å². The molecule has 3 rings (SSSR count). The molecule has 1 aliphatic heterocycles. The van der Waals surface area contributed by atoms with Gasteiger partial charge in [-0.3, -0.25) is 9.59 Å². The number of nitrogens with zero attached hydrogens (tertiary/aromatic N) is 5. The van der Waals surface area contributed by atoms with Gasteiger partial charge in [-0.15, -0.1) is 0 Å². The van der Waals surface area contributed by atoms with Crippen molar-refractivity contribution in [3.63, 3.8) is 0 Å². The summed E-state index contributed by atoms with van der Waals surface area (Å²) >= 11 is 0. The zero-order valence-corrected chi connectivity index (χ0v) is 15.5. The Bertz CT molecular complexity index is 936. The molecule has 2 aromatic rings. The highest BCUT2D eigenvalue weighted by atomic mass is 16.2. The third-order valence-electron chi connectivity index (χ3n) is 4.78. The number of rotatable bonds is 4. The second-order valence-electron chi connectivity index (χ2n) is 6.68. The summed E-state index contributed by atoms with van der Waals surface area (Å²) in [5.74, 6) is 0.406. The molecule has 8 nitrogen and oxygen atoms in total. The topological polar surface area (TPSA) is 104 Å². The largest absolute Gasteiger partial charge is 0.355 e. The fraction of sp³-hybridized carbons (Fsp3) is 0.421. The van der Waals surface area contributed by atoms with Crippen molar-refractivity contribution < 1.29 is 4.79 Å². The molecule has 0 bridgehead atoms.